The zero-order valence-corrected chi connectivity index (χ0v) is 7.28. The smallest absolute Gasteiger partial charge is 0.377 e. The fourth-order valence-corrected chi connectivity index (χ4v) is 1.49. The fraction of sp³-hybridized carbons (Fsp3) is 1.00. The normalized spacial score (nSPS) is 32.7. The van der Waals surface area contributed by atoms with E-state index in [2.05, 4.69) is 15.9 Å². The van der Waals surface area contributed by atoms with Crippen LogP contribution in [-0.4, -0.2) is 24.2 Å². The second-order valence-electron chi connectivity index (χ2n) is 2.58. The molecule has 0 N–H and O–H groups in total. The molecule has 0 bridgehead atoms. The zero-order valence-electron chi connectivity index (χ0n) is 5.70. The van der Waals surface area contributed by atoms with Crippen LogP contribution < -0.4 is 0 Å². The lowest BCUT2D eigenvalue weighted by Gasteiger charge is -2.11. The monoisotopic (exact) mass is 232 g/mol. The number of alkyl halides is 4. The molecule has 1 aliphatic heterocycles. The van der Waals surface area contributed by atoms with E-state index in [0.717, 1.165) is 0 Å². The highest BCUT2D eigenvalue weighted by Gasteiger charge is 2.44. The SMILES string of the molecule is FC(F)(F)[C@H]1CO[C@H](CBr)C1. The predicted molar refractivity (Wildman–Crippen MR) is 37.7 cm³/mol. The Kier molecular flexibility index (Phi) is 2.80. The van der Waals surface area contributed by atoms with Crippen LogP contribution in [0, 0.1) is 5.92 Å². The average molecular weight is 233 g/mol. The minimum absolute atomic E-state index is 0.0920. The van der Waals surface area contributed by atoms with Gasteiger partial charge in [-0.3, -0.25) is 0 Å². The standard InChI is InChI=1S/C6H8BrF3O/c7-2-5-1-4(3-11-5)6(8,9)10/h4-5H,1-3H2/t4-,5+/m1/s1. The first-order valence-corrected chi connectivity index (χ1v) is 4.40. The summed E-state index contributed by atoms with van der Waals surface area (Å²) in [5, 5.41) is 0.486. The first-order chi connectivity index (χ1) is 5.04. The highest BCUT2D eigenvalue weighted by molar-refractivity contribution is 9.09. The average Bonchev–Trinajstić information content (AvgIpc) is 2.32. The lowest BCUT2D eigenvalue weighted by atomic mass is 10.1. The quantitative estimate of drug-likeness (QED) is 0.631. The molecule has 0 aromatic carbocycles. The van der Waals surface area contributed by atoms with Crippen LogP contribution in [0.5, 0.6) is 0 Å². The van der Waals surface area contributed by atoms with Crippen molar-refractivity contribution in [3.63, 3.8) is 0 Å². The van der Waals surface area contributed by atoms with E-state index >= 15 is 0 Å². The zero-order chi connectivity index (χ0) is 8.48. The molecule has 1 rings (SSSR count). The largest absolute Gasteiger partial charge is 0.394 e. The van der Waals surface area contributed by atoms with Crippen LogP contribution >= 0.6 is 15.9 Å². The molecule has 0 radical (unpaired) electrons. The summed E-state index contributed by atoms with van der Waals surface area (Å²) in [7, 11) is 0. The molecular formula is C6H8BrF3O. The molecule has 1 heterocycles. The molecule has 1 saturated heterocycles. The van der Waals surface area contributed by atoms with Crippen molar-refractivity contribution >= 4 is 15.9 Å². The van der Waals surface area contributed by atoms with E-state index in [-0.39, 0.29) is 19.1 Å². The van der Waals surface area contributed by atoms with Crippen molar-refractivity contribution in [3.05, 3.63) is 0 Å². The van der Waals surface area contributed by atoms with Gasteiger partial charge in [0, 0.05) is 5.33 Å². The lowest BCUT2D eigenvalue weighted by molar-refractivity contribution is -0.173. The van der Waals surface area contributed by atoms with Crippen LogP contribution in [-0.2, 0) is 4.74 Å². The Bertz CT molecular complexity index is 136. The summed E-state index contributed by atoms with van der Waals surface area (Å²) < 4.78 is 40.8. The molecule has 0 aromatic heterocycles. The summed E-state index contributed by atoms with van der Waals surface area (Å²) in [6.45, 7) is -0.181. The van der Waals surface area contributed by atoms with Crippen molar-refractivity contribution < 1.29 is 17.9 Å². The molecule has 1 aliphatic rings. The van der Waals surface area contributed by atoms with Gasteiger partial charge in [0.25, 0.3) is 0 Å². The number of hydrogen-bond acceptors (Lipinski definition) is 1. The second kappa shape index (κ2) is 3.31. The Balaban J connectivity index is 2.42. The maximum atomic E-state index is 12.0. The molecule has 0 aliphatic carbocycles. The van der Waals surface area contributed by atoms with Gasteiger partial charge in [0.1, 0.15) is 0 Å². The molecule has 5 heteroatoms. The van der Waals surface area contributed by atoms with E-state index in [0.29, 0.717) is 5.33 Å². The molecule has 11 heavy (non-hydrogen) atoms. The van der Waals surface area contributed by atoms with Crippen LogP contribution in [0.15, 0.2) is 0 Å². The van der Waals surface area contributed by atoms with E-state index in [9.17, 15) is 13.2 Å². The van der Waals surface area contributed by atoms with Crippen molar-refractivity contribution in [1.82, 2.24) is 0 Å². The van der Waals surface area contributed by atoms with Gasteiger partial charge < -0.3 is 4.74 Å². The predicted octanol–water partition coefficient (Wildman–Crippen LogP) is 2.35. The fourth-order valence-electron chi connectivity index (χ4n) is 1.04. The summed E-state index contributed by atoms with van der Waals surface area (Å²) in [6.07, 6.45) is -4.26. The maximum absolute atomic E-state index is 12.0. The van der Waals surface area contributed by atoms with E-state index < -0.39 is 12.1 Å². The van der Waals surface area contributed by atoms with Crippen molar-refractivity contribution in [2.75, 3.05) is 11.9 Å². The van der Waals surface area contributed by atoms with Gasteiger partial charge >= 0.3 is 6.18 Å². The number of rotatable bonds is 1. The Hall–Kier alpha value is 0.230. The molecule has 0 aromatic rings. The Morgan fingerprint density at radius 2 is 2.09 bits per heavy atom. The summed E-state index contributed by atoms with van der Waals surface area (Å²) in [6, 6.07) is 0. The summed E-state index contributed by atoms with van der Waals surface area (Å²) in [5.41, 5.74) is 0. The van der Waals surface area contributed by atoms with Gasteiger partial charge in [0.15, 0.2) is 0 Å². The molecule has 0 saturated carbocycles. The van der Waals surface area contributed by atoms with E-state index in [1.807, 2.05) is 0 Å². The van der Waals surface area contributed by atoms with Crippen molar-refractivity contribution in [3.8, 4) is 0 Å². The van der Waals surface area contributed by atoms with Crippen molar-refractivity contribution in [2.24, 2.45) is 5.92 Å². The maximum Gasteiger partial charge on any atom is 0.394 e. The van der Waals surface area contributed by atoms with Crippen LogP contribution in [0.2, 0.25) is 0 Å². The lowest BCUT2D eigenvalue weighted by Crippen LogP contribution is -2.23. The van der Waals surface area contributed by atoms with Gasteiger partial charge in [-0.2, -0.15) is 13.2 Å². The molecule has 1 nitrogen and oxygen atoms in total. The van der Waals surface area contributed by atoms with Crippen LogP contribution in [0.3, 0.4) is 0 Å². The number of halogens is 4. The molecule has 66 valence electrons. The summed E-state index contributed by atoms with van der Waals surface area (Å²) >= 11 is 3.08. The highest BCUT2D eigenvalue weighted by Crippen LogP contribution is 2.35. The van der Waals surface area contributed by atoms with Crippen LogP contribution in [0.4, 0.5) is 13.2 Å². The van der Waals surface area contributed by atoms with Crippen LogP contribution in [0.25, 0.3) is 0 Å². The number of hydrogen-bond donors (Lipinski definition) is 0. The van der Waals surface area contributed by atoms with Crippen molar-refractivity contribution in [1.29, 1.82) is 0 Å². The van der Waals surface area contributed by atoms with Gasteiger partial charge in [-0.15, -0.1) is 0 Å². The van der Waals surface area contributed by atoms with Gasteiger partial charge in [-0.05, 0) is 6.42 Å². The van der Waals surface area contributed by atoms with Crippen molar-refractivity contribution in [2.45, 2.75) is 18.7 Å². The Morgan fingerprint density at radius 1 is 1.45 bits per heavy atom. The third-order valence-corrected chi connectivity index (χ3v) is 2.44. The summed E-state index contributed by atoms with van der Waals surface area (Å²) in [5.74, 6) is -1.26. The van der Waals surface area contributed by atoms with Gasteiger partial charge in [0.05, 0.1) is 18.6 Å². The number of ether oxygens (including phenoxy) is 1. The van der Waals surface area contributed by atoms with Crippen LogP contribution in [0.1, 0.15) is 6.42 Å². The van der Waals surface area contributed by atoms with Gasteiger partial charge in [0.2, 0.25) is 0 Å². The third kappa shape index (κ3) is 2.33. The molecule has 0 spiro atoms. The topological polar surface area (TPSA) is 9.23 Å². The van der Waals surface area contributed by atoms with E-state index in [1.165, 1.54) is 0 Å². The minimum atomic E-state index is -4.09. The van der Waals surface area contributed by atoms with E-state index in [4.69, 9.17) is 4.74 Å². The first kappa shape index (κ1) is 9.32. The molecule has 2 atom stereocenters. The molecule has 0 unspecified atom stereocenters. The third-order valence-electron chi connectivity index (χ3n) is 1.72. The first-order valence-electron chi connectivity index (χ1n) is 3.28. The summed E-state index contributed by atoms with van der Waals surface area (Å²) in [4.78, 5) is 0. The molecule has 0 amide bonds. The molecule has 1 fully saturated rings. The second-order valence-corrected chi connectivity index (χ2v) is 3.23. The Morgan fingerprint density at radius 3 is 2.36 bits per heavy atom. The highest BCUT2D eigenvalue weighted by atomic mass is 79.9. The van der Waals surface area contributed by atoms with Gasteiger partial charge in [-0.25, -0.2) is 0 Å². The van der Waals surface area contributed by atoms with E-state index in [1.54, 1.807) is 0 Å². The Labute approximate surface area is 71.0 Å². The van der Waals surface area contributed by atoms with Gasteiger partial charge in [-0.1, -0.05) is 15.9 Å². The minimum Gasteiger partial charge on any atom is -0.377 e. The molecular weight excluding hydrogens is 225 g/mol.